The van der Waals surface area contributed by atoms with Crippen LogP contribution in [0.25, 0.3) is 5.69 Å². The summed E-state index contributed by atoms with van der Waals surface area (Å²) < 4.78 is 38.5. The number of hydrogen-bond acceptors (Lipinski definition) is 6. The number of nitrogens with two attached hydrogens (primary N) is 1. The number of carbonyl (C=O) groups is 1. The van der Waals surface area contributed by atoms with E-state index in [-0.39, 0.29) is 22.5 Å². The van der Waals surface area contributed by atoms with Gasteiger partial charge in [0.2, 0.25) is 5.95 Å². The topological polar surface area (TPSA) is 107 Å². The van der Waals surface area contributed by atoms with E-state index in [0.717, 1.165) is 30.1 Å². The fourth-order valence-electron chi connectivity index (χ4n) is 1.43. The van der Waals surface area contributed by atoms with E-state index in [4.69, 9.17) is 10.8 Å². The molecule has 2 aromatic rings. The minimum atomic E-state index is -4.54. The van der Waals surface area contributed by atoms with Gasteiger partial charge in [-0.1, -0.05) is 11.8 Å². The minimum absolute atomic E-state index is 0.0792. The molecule has 0 bridgehead atoms. The van der Waals surface area contributed by atoms with Gasteiger partial charge in [0.1, 0.15) is 5.69 Å². The lowest BCUT2D eigenvalue weighted by molar-refractivity contribution is -0.141. The Kier molecular flexibility index (Phi) is 4.02. The quantitative estimate of drug-likeness (QED) is 0.821. The van der Waals surface area contributed by atoms with Crippen LogP contribution in [0.4, 0.5) is 19.1 Å². The Hall–Kier alpha value is -2.30. The van der Waals surface area contributed by atoms with E-state index in [1.54, 1.807) is 0 Å². The first-order valence-electron chi connectivity index (χ1n) is 5.38. The Morgan fingerprint density at radius 3 is 2.62 bits per heavy atom. The van der Waals surface area contributed by atoms with Gasteiger partial charge in [-0.05, 0) is 12.1 Å². The Morgan fingerprint density at radius 2 is 2.10 bits per heavy atom. The molecule has 3 N–H and O–H groups in total. The molecule has 0 spiro atoms. The van der Waals surface area contributed by atoms with Gasteiger partial charge < -0.3 is 10.8 Å². The number of carboxylic acids is 1. The molecule has 0 aliphatic heterocycles. The fourth-order valence-corrected chi connectivity index (χ4v) is 2.11. The highest BCUT2D eigenvalue weighted by atomic mass is 32.2. The van der Waals surface area contributed by atoms with Gasteiger partial charge in [0.15, 0.2) is 5.16 Å². The smallest absolute Gasteiger partial charge is 0.433 e. The van der Waals surface area contributed by atoms with Crippen molar-refractivity contribution in [3.63, 3.8) is 0 Å². The van der Waals surface area contributed by atoms with Crippen LogP contribution >= 0.6 is 11.8 Å². The lowest BCUT2D eigenvalue weighted by atomic mass is 10.3. The number of anilines is 1. The van der Waals surface area contributed by atoms with E-state index in [1.807, 2.05) is 0 Å². The van der Waals surface area contributed by atoms with Gasteiger partial charge in [0, 0.05) is 0 Å². The summed E-state index contributed by atoms with van der Waals surface area (Å²) in [6, 6.07) is 1.95. The van der Waals surface area contributed by atoms with Crippen molar-refractivity contribution in [2.75, 3.05) is 11.5 Å². The molecule has 7 nitrogen and oxygen atoms in total. The largest absolute Gasteiger partial charge is 0.481 e. The molecule has 112 valence electrons. The van der Waals surface area contributed by atoms with Crippen molar-refractivity contribution in [1.82, 2.24) is 19.7 Å². The molecular formula is C10H8F3N5O2S. The van der Waals surface area contributed by atoms with Crippen LogP contribution in [-0.4, -0.2) is 36.6 Å². The Morgan fingerprint density at radius 1 is 1.38 bits per heavy atom. The van der Waals surface area contributed by atoms with Gasteiger partial charge in [-0.15, -0.1) is 10.2 Å². The zero-order chi connectivity index (χ0) is 15.6. The first kappa shape index (κ1) is 15.1. The first-order valence-corrected chi connectivity index (χ1v) is 6.36. The van der Waals surface area contributed by atoms with Crippen LogP contribution < -0.4 is 5.73 Å². The number of hydrogen-bond donors (Lipinski definition) is 2. The summed E-state index contributed by atoms with van der Waals surface area (Å²) in [4.78, 5) is 13.8. The van der Waals surface area contributed by atoms with Crippen LogP contribution in [0.2, 0.25) is 0 Å². The predicted octanol–water partition coefficient (Wildman–Crippen LogP) is 1.44. The molecule has 2 heterocycles. The Bertz CT molecular complexity index is 656. The summed E-state index contributed by atoms with van der Waals surface area (Å²) in [6.45, 7) is 0. The molecule has 0 saturated carbocycles. The average Bonchev–Trinajstić information content (AvgIpc) is 2.76. The first-order chi connectivity index (χ1) is 9.79. The minimum Gasteiger partial charge on any atom is -0.481 e. The third kappa shape index (κ3) is 3.42. The van der Waals surface area contributed by atoms with E-state index in [2.05, 4.69) is 15.2 Å². The van der Waals surface area contributed by atoms with Crippen molar-refractivity contribution in [2.45, 2.75) is 11.3 Å². The van der Waals surface area contributed by atoms with E-state index in [9.17, 15) is 18.0 Å². The normalized spacial score (nSPS) is 11.6. The summed E-state index contributed by atoms with van der Waals surface area (Å²) in [5.41, 5.74) is 4.75. The highest BCUT2D eigenvalue weighted by Crippen LogP contribution is 2.29. The second-order valence-corrected chi connectivity index (χ2v) is 4.70. The number of nitrogen functional groups attached to an aromatic ring is 1. The SMILES string of the molecule is Nc1nnc(SCC(=O)O)n1-c1ccc(C(F)(F)F)nc1. The number of nitrogens with zero attached hydrogens (tertiary/aromatic N) is 4. The maximum Gasteiger partial charge on any atom is 0.433 e. The zero-order valence-corrected chi connectivity index (χ0v) is 11.0. The molecule has 0 saturated heterocycles. The summed E-state index contributed by atoms with van der Waals surface area (Å²) in [7, 11) is 0. The van der Waals surface area contributed by atoms with E-state index in [1.165, 1.54) is 4.57 Å². The number of carboxylic acid groups (broad SMARTS) is 1. The zero-order valence-electron chi connectivity index (χ0n) is 10.2. The van der Waals surface area contributed by atoms with E-state index >= 15 is 0 Å². The highest BCUT2D eigenvalue weighted by molar-refractivity contribution is 7.99. The molecule has 0 fully saturated rings. The lowest BCUT2D eigenvalue weighted by Gasteiger charge is -2.09. The van der Waals surface area contributed by atoms with Gasteiger partial charge in [0.05, 0.1) is 17.6 Å². The van der Waals surface area contributed by atoms with Crippen molar-refractivity contribution in [3.8, 4) is 5.69 Å². The number of rotatable bonds is 4. The van der Waals surface area contributed by atoms with Gasteiger partial charge in [-0.25, -0.2) is 4.98 Å². The summed E-state index contributed by atoms with van der Waals surface area (Å²) in [5, 5.41) is 16.0. The number of aromatic nitrogens is 4. The van der Waals surface area contributed by atoms with Crippen LogP contribution in [0.5, 0.6) is 0 Å². The molecular weight excluding hydrogens is 311 g/mol. The van der Waals surface area contributed by atoms with Gasteiger partial charge in [-0.2, -0.15) is 13.2 Å². The summed E-state index contributed by atoms with van der Waals surface area (Å²) in [6.07, 6.45) is -3.58. The number of aliphatic carboxylic acids is 1. The monoisotopic (exact) mass is 319 g/mol. The number of alkyl halides is 3. The molecule has 0 radical (unpaired) electrons. The predicted molar refractivity (Wildman–Crippen MR) is 66.9 cm³/mol. The van der Waals surface area contributed by atoms with Crippen molar-refractivity contribution < 1.29 is 23.1 Å². The molecule has 0 amide bonds. The molecule has 11 heteroatoms. The third-order valence-corrected chi connectivity index (χ3v) is 3.19. The lowest BCUT2D eigenvalue weighted by Crippen LogP contribution is -2.09. The summed E-state index contributed by atoms with van der Waals surface area (Å²) in [5.74, 6) is -1.44. The van der Waals surface area contributed by atoms with E-state index in [0.29, 0.717) is 0 Å². The van der Waals surface area contributed by atoms with Crippen LogP contribution in [0, 0.1) is 0 Å². The Balaban J connectivity index is 2.33. The van der Waals surface area contributed by atoms with Crippen molar-refractivity contribution in [3.05, 3.63) is 24.0 Å². The van der Waals surface area contributed by atoms with Crippen molar-refractivity contribution >= 4 is 23.7 Å². The van der Waals surface area contributed by atoms with Gasteiger partial charge in [0.25, 0.3) is 0 Å². The van der Waals surface area contributed by atoms with Crippen LogP contribution in [0.15, 0.2) is 23.5 Å². The van der Waals surface area contributed by atoms with Crippen LogP contribution in [-0.2, 0) is 11.0 Å². The molecule has 0 aliphatic rings. The fraction of sp³-hybridized carbons (Fsp3) is 0.200. The molecule has 2 rings (SSSR count). The molecule has 21 heavy (non-hydrogen) atoms. The van der Waals surface area contributed by atoms with Crippen LogP contribution in [0.1, 0.15) is 5.69 Å². The third-order valence-electron chi connectivity index (χ3n) is 2.28. The van der Waals surface area contributed by atoms with Gasteiger partial charge >= 0.3 is 12.1 Å². The second-order valence-electron chi connectivity index (χ2n) is 3.76. The molecule has 0 aliphatic carbocycles. The molecule has 0 atom stereocenters. The van der Waals surface area contributed by atoms with Crippen molar-refractivity contribution in [2.24, 2.45) is 0 Å². The Labute approximate surface area is 120 Å². The number of pyridine rings is 1. The maximum absolute atomic E-state index is 12.4. The number of halogens is 3. The van der Waals surface area contributed by atoms with E-state index < -0.39 is 17.8 Å². The maximum atomic E-state index is 12.4. The average molecular weight is 319 g/mol. The van der Waals surface area contributed by atoms with Crippen LogP contribution in [0.3, 0.4) is 0 Å². The summed E-state index contributed by atoms with van der Waals surface area (Å²) >= 11 is 0.840. The van der Waals surface area contributed by atoms with Crippen molar-refractivity contribution in [1.29, 1.82) is 0 Å². The number of thioether (sulfide) groups is 1. The molecule has 2 aromatic heterocycles. The standard InChI is InChI=1S/C10H8F3N5O2S/c11-10(12,13)6-2-1-5(3-15-6)18-8(14)16-17-9(18)21-4-7(19)20/h1-3H,4H2,(H2,14,16)(H,19,20). The molecule has 0 aromatic carbocycles. The highest BCUT2D eigenvalue weighted by Gasteiger charge is 2.32. The van der Waals surface area contributed by atoms with Gasteiger partial charge in [-0.3, -0.25) is 9.36 Å². The second kappa shape index (κ2) is 5.60. The molecule has 0 unspecified atom stereocenters.